The fourth-order valence-electron chi connectivity index (χ4n) is 2.04. The molecule has 0 heterocycles. The van der Waals surface area contributed by atoms with E-state index in [1.807, 2.05) is 0 Å². The van der Waals surface area contributed by atoms with Gasteiger partial charge in [0, 0.05) is 12.6 Å². The maximum absolute atomic E-state index is 10.1. The average Bonchev–Trinajstić information content (AvgIpc) is 2.17. The second kappa shape index (κ2) is 6.46. The molecular weight excluding hydrogens is 190 g/mol. The highest BCUT2D eigenvalue weighted by Gasteiger charge is 2.29. The summed E-state index contributed by atoms with van der Waals surface area (Å²) in [7, 11) is 0. The number of ether oxygens (including phenoxy) is 1. The molecule has 0 aromatic carbocycles. The van der Waals surface area contributed by atoms with Gasteiger partial charge in [-0.05, 0) is 12.8 Å². The quantitative estimate of drug-likeness (QED) is 0.663. The van der Waals surface area contributed by atoms with Gasteiger partial charge in [-0.1, -0.05) is 33.1 Å². The van der Waals surface area contributed by atoms with Crippen LogP contribution in [0.2, 0.25) is 0 Å². The van der Waals surface area contributed by atoms with Gasteiger partial charge in [-0.2, -0.15) is 0 Å². The predicted octanol–water partition coefficient (Wildman–Crippen LogP) is 1.70. The third-order valence-corrected chi connectivity index (χ3v) is 2.95. The standard InChI is InChI=1S/C12H25NO2/c1-11(2)13-8-9-15-10-12(14)6-4-3-5-7-12/h11,13-14H,3-10H2,1-2H3. The van der Waals surface area contributed by atoms with Crippen LogP contribution >= 0.6 is 0 Å². The van der Waals surface area contributed by atoms with Crippen molar-refractivity contribution in [2.75, 3.05) is 19.8 Å². The summed E-state index contributed by atoms with van der Waals surface area (Å²) in [5.41, 5.74) is -0.532. The summed E-state index contributed by atoms with van der Waals surface area (Å²) in [6.45, 7) is 6.31. The van der Waals surface area contributed by atoms with Gasteiger partial charge in [0.15, 0.2) is 0 Å². The fraction of sp³-hybridized carbons (Fsp3) is 1.00. The summed E-state index contributed by atoms with van der Waals surface area (Å²) in [6.07, 6.45) is 5.36. The smallest absolute Gasteiger partial charge is 0.0880 e. The Bertz CT molecular complexity index is 165. The summed E-state index contributed by atoms with van der Waals surface area (Å²) in [5.74, 6) is 0. The second-order valence-electron chi connectivity index (χ2n) is 4.95. The average molecular weight is 215 g/mol. The van der Waals surface area contributed by atoms with E-state index >= 15 is 0 Å². The molecule has 0 bridgehead atoms. The van der Waals surface area contributed by atoms with Gasteiger partial charge in [0.05, 0.1) is 18.8 Å². The zero-order chi connectivity index (χ0) is 11.1. The number of hydrogen-bond donors (Lipinski definition) is 2. The summed E-state index contributed by atoms with van der Waals surface area (Å²) in [4.78, 5) is 0. The molecule has 0 aromatic heterocycles. The molecule has 3 nitrogen and oxygen atoms in total. The normalized spacial score (nSPS) is 20.8. The first-order valence-corrected chi connectivity index (χ1v) is 6.16. The van der Waals surface area contributed by atoms with Crippen LogP contribution in [0.15, 0.2) is 0 Å². The zero-order valence-electron chi connectivity index (χ0n) is 10.1. The summed E-state index contributed by atoms with van der Waals surface area (Å²) >= 11 is 0. The van der Waals surface area contributed by atoms with Crippen molar-refractivity contribution >= 4 is 0 Å². The van der Waals surface area contributed by atoms with Crippen molar-refractivity contribution < 1.29 is 9.84 Å². The Morgan fingerprint density at radius 1 is 1.27 bits per heavy atom. The minimum Gasteiger partial charge on any atom is -0.387 e. The Balaban J connectivity index is 2.03. The van der Waals surface area contributed by atoms with Crippen molar-refractivity contribution in [2.24, 2.45) is 0 Å². The lowest BCUT2D eigenvalue weighted by atomic mass is 9.86. The van der Waals surface area contributed by atoms with Crippen LogP contribution in [-0.2, 0) is 4.74 Å². The van der Waals surface area contributed by atoms with E-state index in [-0.39, 0.29) is 0 Å². The number of nitrogens with one attached hydrogen (secondary N) is 1. The van der Waals surface area contributed by atoms with Crippen LogP contribution in [0, 0.1) is 0 Å². The number of rotatable bonds is 6. The van der Waals surface area contributed by atoms with Gasteiger partial charge in [0.1, 0.15) is 0 Å². The van der Waals surface area contributed by atoms with Gasteiger partial charge in [-0.15, -0.1) is 0 Å². The molecule has 0 radical (unpaired) electrons. The van der Waals surface area contributed by atoms with E-state index in [9.17, 15) is 5.11 Å². The molecular formula is C12H25NO2. The highest BCUT2D eigenvalue weighted by Crippen LogP contribution is 2.27. The van der Waals surface area contributed by atoms with E-state index in [0.717, 1.165) is 32.2 Å². The van der Waals surface area contributed by atoms with E-state index in [0.29, 0.717) is 19.3 Å². The fourth-order valence-corrected chi connectivity index (χ4v) is 2.04. The summed E-state index contributed by atoms with van der Waals surface area (Å²) in [5, 5.41) is 13.4. The third-order valence-electron chi connectivity index (χ3n) is 2.95. The van der Waals surface area contributed by atoms with Gasteiger partial charge in [0.2, 0.25) is 0 Å². The van der Waals surface area contributed by atoms with Crippen molar-refractivity contribution in [2.45, 2.75) is 57.6 Å². The predicted molar refractivity (Wildman–Crippen MR) is 62.0 cm³/mol. The molecule has 0 unspecified atom stereocenters. The van der Waals surface area contributed by atoms with Crippen LogP contribution in [0.3, 0.4) is 0 Å². The molecule has 0 saturated heterocycles. The molecule has 1 fully saturated rings. The maximum Gasteiger partial charge on any atom is 0.0880 e. The van der Waals surface area contributed by atoms with Crippen molar-refractivity contribution in [3.8, 4) is 0 Å². The lowest BCUT2D eigenvalue weighted by molar-refractivity contribution is -0.0676. The van der Waals surface area contributed by atoms with Crippen LogP contribution in [0.1, 0.15) is 46.0 Å². The van der Waals surface area contributed by atoms with Gasteiger partial charge in [-0.25, -0.2) is 0 Å². The molecule has 0 atom stereocenters. The SMILES string of the molecule is CC(C)NCCOCC1(O)CCCCC1. The monoisotopic (exact) mass is 215 g/mol. The Morgan fingerprint density at radius 3 is 2.53 bits per heavy atom. The Kier molecular flexibility index (Phi) is 5.58. The third kappa shape index (κ3) is 5.50. The van der Waals surface area contributed by atoms with E-state index < -0.39 is 5.60 Å². The van der Waals surface area contributed by atoms with Gasteiger partial charge >= 0.3 is 0 Å². The molecule has 1 aliphatic carbocycles. The molecule has 0 amide bonds. The van der Waals surface area contributed by atoms with Gasteiger partial charge in [-0.3, -0.25) is 0 Å². The lowest BCUT2D eigenvalue weighted by Crippen LogP contribution is -2.37. The first-order chi connectivity index (χ1) is 7.12. The van der Waals surface area contributed by atoms with Gasteiger partial charge in [0.25, 0.3) is 0 Å². The molecule has 1 aliphatic rings. The second-order valence-corrected chi connectivity index (χ2v) is 4.95. The molecule has 0 aliphatic heterocycles. The number of hydrogen-bond acceptors (Lipinski definition) is 3. The van der Waals surface area contributed by atoms with Crippen molar-refractivity contribution in [3.05, 3.63) is 0 Å². The van der Waals surface area contributed by atoms with Gasteiger partial charge < -0.3 is 15.2 Å². The summed E-state index contributed by atoms with van der Waals surface area (Å²) < 4.78 is 5.51. The van der Waals surface area contributed by atoms with E-state index in [2.05, 4.69) is 19.2 Å². The van der Waals surface area contributed by atoms with E-state index in [4.69, 9.17) is 4.74 Å². The van der Waals surface area contributed by atoms with E-state index in [1.54, 1.807) is 0 Å². The van der Waals surface area contributed by atoms with Crippen LogP contribution in [0.25, 0.3) is 0 Å². The molecule has 15 heavy (non-hydrogen) atoms. The Hall–Kier alpha value is -0.120. The lowest BCUT2D eigenvalue weighted by Gasteiger charge is -2.31. The highest BCUT2D eigenvalue weighted by atomic mass is 16.5. The van der Waals surface area contributed by atoms with Crippen molar-refractivity contribution in [1.82, 2.24) is 5.32 Å². The van der Waals surface area contributed by atoms with Crippen molar-refractivity contribution in [1.29, 1.82) is 0 Å². The molecule has 1 rings (SSSR count). The highest BCUT2D eigenvalue weighted by molar-refractivity contribution is 4.81. The zero-order valence-corrected chi connectivity index (χ0v) is 10.1. The topological polar surface area (TPSA) is 41.5 Å². The van der Waals surface area contributed by atoms with Crippen LogP contribution in [0.5, 0.6) is 0 Å². The Labute approximate surface area is 93.2 Å². The van der Waals surface area contributed by atoms with Crippen LogP contribution in [-0.4, -0.2) is 36.5 Å². The van der Waals surface area contributed by atoms with Crippen LogP contribution < -0.4 is 5.32 Å². The van der Waals surface area contributed by atoms with Crippen molar-refractivity contribution in [3.63, 3.8) is 0 Å². The summed E-state index contributed by atoms with van der Waals surface area (Å²) in [6, 6.07) is 0.506. The van der Waals surface area contributed by atoms with Crippen LogP contribution in [0.4, 0.5) is 0 Å². The molecule has 3 heteroatoms. The minimum absolute atomic E-state index is 0.506. The first-order valence-electron chi connectivity index (χ1n) is 6.16. The largest absolute Gasteiger partial charge is 0.387 e. The molecule has 2 N–H and O–H groups in total. The molecule has 90 valence electrons. The molecule has 0 spiro atoms. The Morgan fingerprint density at radius 2 is 1.93 bits per heavy atom. The maximum atomic E-state index is 10.1. The minimum atomic E-state index is -0.532. The molecule has 0 aromatic rings. The number of aliphatic hydroxyl groups is 1. The van der Waals surface area contributed by atoms with E-state index in [1.165, 1.54) is 6.42 Å². The first kappa shape index (κ1) is 12.9. The molecule has 1 saturated carbocycles.